The summed E-state index contributed by atoms with van der Waals surface area (Å²) in [6.07, 6.45) is 1.97. The molecule has 1 atom stereocenters. The van der Waals surface area contributed by atoms with Crippen LogP contribution in [0.5, 0.6) is 11.5 Å². The molecule has 11 heteroatoms. The van der Waals surface area contributed by atoms with Gasteiger partial charge in [-0.05, 0) is 25.0 Å². The van der Waals surface area contributed by atoms with E-state index in [9.17, 15) is 19.2 Å². The van der Waals surface area contributed by atoms with Crippen molar-refractivity contribution in [3.8, 4) is 11.5 Å². The number of amides is 2. The Kier molecular flexibility index (Phi) is 8.21. The number of nitrogen functional groups attached to an aromatic ring is 1. The molecule has 0 bridgehead atoms. The SMILES string of the molecule is CCCCN(C(=O)C1CC(=O)N(c2cc(OC)ccc2OC)C1)c1c(N)n(CCC)c(=O)[nH]c1=O. The van der Waals surface area contributed by atoms with Crippen molar-refractivity contribution in [2.75, 3.05) is 42.8 Å². The summed E-state index contributed by atoms with van der Waals surface area (Å²) in [4.78, 5) is 56.8. The molecular formula is C24H33N5O6. The van der Waals surface area contributed by atoms with Gasteiger partial charge in [-0.3, -0.25) is 23.9 Å². The van der Waals surface area contributed by atoms with E-state index >= 15 is 0 Å². The number of nitrogens with one attached hydrogen (secondary N) is 1. The van der Waals surface area contributed by atoms with Crippen LogP contribution >= 0.6 is 0 Å². The van der Waals surface area contributed by atoms with Gasteiger partial charge in [0, 0.05) is 32.1 Å². The first kappa shape index (κ1) is 25.9. The molecule has 35 heavy (non-hydrogen) atoms. The number of rotatable bonds is 10. The number of nitrogens with two attached hydrogens (primary N) is 1. The van der Waals surface area contributed by atoms with Gasteiger partial charge in [-0.15, -0.1) is 0 Å². The second kappa shape index (κ2) is 11.1. The fraction of sp³-hybridized carbons (Fsp3) is 0.500. The first-order valence-corrected chi connectivity index (χ1v) is 11.7. The second-order valence-corrected chi connectivity index (χ2v) is 8.43. The predicted molar refractivity (Wildman–Crippen MR) is 133 cm³/mol. The number of aromatic amines is 1. The Morgan fingerprint density at radius 2 is 1.91 bits per heavy atom. The largest absolute Gasteiger partial charge is 0.497 e. The van der Waals surface area contributed by atoms with E-state index in [4.69, 9.17) is 15.2 Å². The summed E-state index contributed by atoms with van der Waals surface area (Å²) >= 11 is 0. The first-order chi connectivity index (χ1) is 16.8. The third-order valence-corrected chi connectivity index (χ3v) is 6.08. The van der Waals surface area contributed by atoms with Crippen LogP contribution in [-0.4, -0.2) is 48.7 Å². The van der Waals surface area contributed by atoms with Gasteiger partial charge in [-0.25, -0.2) is 4.79 Å². The maximum atomic E-state index is 13.7. The molecule has 1 aromatic heterocycles. The molecule has 1 aliphatic heterocycles. The van der Waals surface area contributed by atoms with Crippen molar-refractivity contribution in [2.45, 2.75) is 46.1 Å². The van der Waals surface area contributed by atoms with Crippen molar-refractivity contribution in [3.05, 3.63) is 39.0 Å². The number of ether oxygens (including phenoxy) is 2. The molecule has 2 heterocycles. The van der Waals surface area contributed by atoms with E-state index in [1.54, 1.807) is 18.2 Å². The summed E-state index contributed by atoms with van der Waals surface area (Å²) in [6.45, 7) is 4.48. The molecule has 190 valence electrons. The van der Waals surface area contributed by atoms with Crippen LogP contribution in [0.15, 0.2) is 27.8 Å². The molecule has 0 radical (unpaired) electrons. The number of hydrogen-bond donors (Lipinski definition) is 2. The lowest BCUT2D eigenvalue weighted by Gasteiger charge is -2.27. The van der Waals surface area contributed by atoms with Crippen LogP contribution in [-0.2, 0) is 16.1 Å². The minimum Gasteiger partial charge on any atom is -0.497 e. The predicted octanol–water partition coefficient (Wildman–Crippen LogP) is 1.73. The summed E-state index contributed by atoms with van der Waals surface area (Å²) in [5.41, 5.74) is 5.34. The number of carbonyl (C=O) groups is 2. The quantitative estimate of drug-likeness (QED) is 0.520. The summed E-state index contributed by atoms with van der Waals surface area (Å²) < 4.78 is 12.0. The number of carbonyl (C=O) groups excluding carboxylic acids is 2. The van der Waals surface area contributed by atoms with Gasteiger partial charge < -0.3 is 25.0 Å². The number of H-pyrrole nitrogens is 1. The highest BCUT2D eigenvalue weighted by Gasteiger charge is 2.39. The zero-order chi connectivity index (χ0) is 25.7. The standard InChI is InChI=1S/C24H33N5O6/c1-5-7-11-27(20-21(25)28(10-6-2)24(33)26-22(20)31)23(32)15-12-19(30)29(14-15)17-13-16(34-3)8-9-18(17)35-4/h8-9,13,15H,5-7,10-12,14,25H2,1-4H3,(H,26,31,33). The Labute approximate surface area is 203 Å². The summed E-state index contributed by atoms with van der Waals surface area (Å²) in [5.74, 6) is -0.382. The van der Waals surface area contributed by atoms with Gasteiger partial charge in [0.25, 0.3) is 5.56 Å². The van der Waals surface area contributed by atoms with E-state index in [1.807, 2.05) is 13.8 Å². The maximum Gasteiger partial charge on any atom is 0.330 e. The highest BCUT2D eigenvalue weighted by molar-refractivity contribution is 6.05. The highest BCUT2D eigenvalue weighted by atomic mass is 16.5. The summed E-state index contributed by atoms with van der Waals surface area (Å²) in [6, 6.07) is 5.10. The number of hydrogen-bond acceptors (Lipinski definition) is 7. The molecule has 1 aliphatic rings. The molecule has 11 nitrogen and oxygen atoms in total. The van der Waals surface area contributed by atoms with E-state index in [0.717, 1.165) is 6.42 Å². The molecule has 3 rings (SSSR count). The van der Waals surface area contributed by atoms with Crippen LogP contribution in [0.3, 0.4) is 0 Å². The maximum absolute atomic E-state index is 13.7. The number of aromatic nitrogens is 2. The molecule has 2 amide bonds. The van der Waals surface area contributed by atoms with Gasteiger partial charge in [0.05, 0.1) is 25.8 Å². The molecule has 1 unspecified atom stereocenters. The zero-order valence-electron chi connectivity index (χ0n) is 20.6. The monoisotopic (exact) mass is 487 g/mol. The first-order valence-electron chi connectivity index (χ1n) is 11.7. The molecular weight excluding hydrogens is 454 g/mol. The topological polar surface area (TPSA) is 140 Å². The van der Waals surface area contributed by atoms with Crippen LogP contribution in [0.25, 0.3) is 0 Å². The van der Waals surface area contributed by atoms with Gasteiger partial charge in [0.15, 0.2) is 5.69 Å². The van der Waals surface area contributed by atoms with Crippen LogP contribution in [0.1, 0.15) is 39.5 Å². The number of benzene rings is 1. The number of nitrogens with zero attached hydrogens (tertiary/aromatic N) is 3. The second-order valence-electron chi connectivity index (χ2n) is 8.43. The van der Waals surface area contributed by atoms with E-state index in [2.05, 4.69) is 4.98 Å². The normalized spacial score (nSPS) is 15.4. The molecule has 0 aliphatic carbocycles. The Morgan fingerprint density at radius 1 is 1.17 bits per heavy atom. The minimum absolute atomic E-state index is 0.0335. The number of anilines is 3. The van der Waals surface area contributed by atoms with Crippen molar-refractivity contribution < 1.29 is 19.1 Å². The third-order valence-electron chi connectivity index (χ3n) is 6.08. The number of methoxy groups -OCH3 is 2. The van der Waals surface area contributed by atoms with Gasteiger partial charge in [-0.2, -0.15) is 0 Å². The van der Waals surface area contributed by atoms with Gasteiger partial charge in [0.2, 0.25) is 11.8 Å². The molecule has 0 spiro atoms. The zero-order valence-corrected chi connectivity index (χ0v) is 20.6. The molecule has 1 fully saturated rings. The van der Waals surface area contributed by atoms with E-state index in [-0.39, 0.29) is 36.9 Å². The van der Waals surface area contributed by atoms with Crippen molar-refractivity contribution in [3.63, 3.8) is 0 Å². The molecule has 2 aromatic rings. The summed E-state index contributed by atoms with van der Waals surface area (Å²) in [7, 11) is 3.02. The number of unbranched alkanes of at least 4 members (excludes halogenated alkanes) is 1. The minimum atomic E-state index is -0.722. The average Bonchev–Trinajstić information content (AvgIpc) is 3.24. The van der Waals surface area contributed by atoms with Crippen molar-refractivity contribution in [2.24, 2.45) is 5.92 Å². The molecule has 3 N–H and O–H groups in total. The third kappa shape index (κ3) is 5.18. The van der Waals surface area contributed by atoms with Crippen molar-refractivity contribution in [1.29, 1.82) is 0 Å². The van der Waals surface area contributed by atoms with Crippen LogP contribution < -0.4 is 36.3 Å². The van der Waals surface area contributed by atoms with Crippen molar-refractivity contribution in [1.82, 2.24) is 9.55 Å². The van der Waals surface area contributed by atoms with Gasteiger partial charge >= 0.3 is 5.69 Å². The lowest BCUT2D eigenvalue weighted by molar-refractivity contribution is -0.124. The molecule has 1 aromatic carbocycles. The smallest absolute Gasteiger partial charge is 0.330 e. The van der Waals surface area contributed by atoms with Crippen LogP contribution in [0, 0.1) is 5.92 Å². The molecule has 0 saturated carbocycles. The Hall–Kier alpha value is -3.76. The van der Waals surface area contributed by atoms with E-state index in [1.165, 1.54) is 28.6 Å². The Morgan fingerprint density at radius 3 is 2.54 bits per heavy atom. The summed E-state index contributed by atoms with van der Waals surface area (Å²) in [5, 5.41) is 0. The van der Waals surface area contributed by atoms with Gasteiger partial charge in [-0.1, -0.05) is 20.3 Å². The van der Waals surface area contributed by atoms with Crippen LogP contribution in [0.2, 0.25) is 0 Å². The fourth-order valence-corrected chi connectivity index (χ4v) is 4.27. The molecule has 1 saturated heterocycles. The Bertz CT molecular complexity index is 1200. The average molecular weight is 488 g/mol. The lowest BCUT2D eigenvalue weighted by atomic mass is 10.1. The van der Waals surface area contributed by atoms with Gasteiger partial charge in [0.1, 0.15) is 17.3 Å². The Balaban J connectivity index is 1.99. The lowest BCUT2D eigenvalue weighted by Crippen LogP contribution is -2.44. The fourth-order valence-electron chi connectivity index (χ4n) is 4.27. The van der Waals surface area contributed by atoms with Crippen LogP contribution in [0.4, 0.5) is 17.2 Å². The highest BCUT2D eigenvalue weighted by Crippen LogP contribution is 2.36. The van der Waals surface area contributed by atoms with E-state index < -0.39 is 23.1 Å². The van der Waals surface area contributed by atoms with E-state index in [0.29, 0.717) is 36.6 Å². The van der Waals surface area contributed by atoms with Crippen molar-refractivity contribution >= 4 is 29.0 Å².